The number of hydrogen-bond donors (Lipinski definition) is 1. The first-order valence-electron chi connectivity index (χ1n) is 7.51. The fourth-order valence-electron chi connectivity index (χ4n) is 1.94. The van der Waals surface area contributed by atoms with E-state index in [1.807, 2.05) is 0 Å². The molecule has 6 nitrogen and oxygen atoms in total. The van der Waals surface area contributed by atoms with Gasteiger partial charge in [0.05, 0.1) is 7.11 Å². The van der Waals surface area contributed by atoms with Gasteiger partial charge in [0.15, 0.2) is 24.2 Å². The van der Waals surface area contributed by atoms with Gasteiger partial charge in [-0.2, -0.15) is 0 Å². The van der Waals surface area contributed by atoms with E-state index in [0.29, 0.717) is 17.2 Å². The largest absolute Gasteiger partial charge is 0.493 e. The van der Waals surface area contributed by atoms with Gasteiger partial charge in [-0.05, 0) is 43.3 Å². The van der Waals surface area contributed by atoms with Gasteiger partial charge in [-0.3, -0.25) is 4.79 Å². The zero-order valence-corrected chi connectivity index (χ0v) is 13.8. The summed E-state index contributed by atoms with van der Waals surface area (Å²) in [5, 5.41) is 2.52. The van der Waals surface area contributed by atoms with E-state index in [0.717, 1.165) is 0 Å². The summed E-state index contributed by atoms with van der Waals surface area (Å²) in [4.78, 5) is 23.8. The summed E-state index contributed by atoms with van der Waals surface area (Å²) in [6.45, 7) is 1.06. The highest BCUT2D eigenvalue weighted by molar-refractivity contribution is 5.95. The van der Waals surface area contributed by atoms with Gasteiger partial charge < -0.3 is 19.5 Å². The van der Waals surface area contributed by atoms with Crippen LogP contribution in [0.3, 0.4) is 0 Å². The molecule has 7 heteroatoms. The lowest BCUT2D eigenvalue weighted by molar-refractivity contribution is -0.155. The molecule has 0 heterocycles. The number of para-hydroxylation sites is 2. The standard InChI is InChI=1S/C18H18FNO5/c1-12(18(22)20-14-9-7-13(19)8-10-14)25-17(21)11-24-16-6-4-3-5-15(16)23-2/h3-10,12H,11H2,1-2H3,(H,20,22)/t12-/m1/s1. The van der Waals surface area contributed by atoms with Crippen molar-refractivity contribution < 1.29 is 28.2 Å². The van der Waals surface area contributed by atoms with Crippen LogP contribution in [0.5, 0.6) is 11.5 Å². The van der Waals surface area contributed by atoms with Crippen LogP contribution in [0.2, 0.25) is 0 Å². The first kappa shape index (κ1) is 18.3. The number of hydrogen-bond acceptors (Lipinski definition) is 5. The Kier molecular flexibility index (Phi) is 6.33. The number of methoxy groups -OCH3 is 1. The molecule has 0 aliphatic rings. The molecule has 132 valence electrons. The van der Waals surface area contributed by atoms with Crippen molar-refractivity contribution >= 4 is 17.6 Å². The Morgan fingerprint density at radius 2 is 1.72 bits per heavy atom. The molecule has 2 aromatic carbocycles. The van der Waals surface area contributed by atoms with Crippen LogP contribution in [0.15, 0.2) is 48.5 Å². The van der Waals surface area contributed by atoms with Crippen molar-refractivity contribution in [1.82, 2.24) is 0 Å². The minimum Gasteiger partial charge on any atom is -0.493 e. The second-order valence-electron chi connectivity index (χ2n) is 5.07. The minimum absolute atomic E-state index is 0.367. The normalized spacial score (nSPS) is 11.3. The predicted octanol–water partition coefficient (Wildman–Crippen LogP) is 2.78. The first-order valence-corrected chi connectivity index (χ1v) is 7.51. The minimum atomic E-state index is -1.03. The van der Waals surface area contributed by atoms with Crippen molar-refractivity contribution in [1.29, 1.82) is 0 Å². The number of halogens is 1. The van der Waals surface area contributed by atoms with E-state index in [1.165, 1.54) is 38.3 Å². The average molecular weight is 347 g/mol. The van der Waals surface area contributed by atoms with Crippen LogP contribution in [-0.4, -0.2) is 31.7 Å². The topological polar surface area (TPSA) is 73.9 Å². The van der Waals surface area contributed by atoms with E-state index < -0.39 is 23.8 Å². The van der Waals surface area contributed by atoms with E-state index in [9.17, 15) is 14.0 Å². The molecule has 0 unspecified atom stereocenters. The van der Waals surface area contributed by atoms with Crippen LogP contribution in [-0.2, 0) is 14.3 Å². The van der Waals surface area contributed by atoms with Gasteiger partial charge in [-0.15, -0.1) is 0 Å². The fraction of sp³-hybridized carbons (Fsp3) is 0.222. The lowest BCUT2D eigenvalue weighted by Crippen LogP contribution is -2.31. The van der Waals surface area contributed by atoms with E-state index in [1.54, 1.807) is 24.3 Å². The number of amides is 1. The molecule has 2 aromatic rings. The summed E-state index contributed by atoms with van der Waals surface area (Å²) < 4.78 is 28.3. The maximum absolute atomic E-state index is 12.8. The number of rotatable bonds is 7. The third kappa shape index (κ3) is 5.49. The Labute approximate surface area is 144 Å². The first-order chi connectivity index (χ1) is 12.0. The molecule has 0 aliphatic heterocycles. The predicted molar refractivity (Wildman–Crippen MR) is 89.1 cm³/mol. The third-order valence-corrected chi connectivity index (χ3v) is 3.20. The Morgan fingerprint density at radius 1 is 1.08 bits per heavy atom. The van der Waals surface area contributed by atoms with Gasteiger partial charge in [0.1, 0.15) is 5.82 Å². The molecule has 0 aromatic heterocycles. The van der Waals surface area contributed by atoms with E-state index in [2.05, 4.69) is 5.32 Å². The summed E-state index contributed by atoms with van der Waals surface area (Å²) in [6, 6.07) is 12.1. The maximum Gasteiger partial charge on any atom is 0.344 e. The van der Waals surface area contributed by atoms with Gasteiger partial charge in [0.2, 0.25) is 0 Å². The number of anilines is 1. The van der Waals surface area contributed by atoms with Crippen molar-refractivity contribution in [3.8, 4) is 11.5 Å². The Bertz CT molecular complexity index is 733. The van der Waals surface area contributed by atoms with Crippen LogP contribution in [0, 0.1) is 5.82 Å². The van der Waals surface area contributed by atoms with Gasteiger partial charge in [-0.25, -0.2) is 9.18 Å². The summed E-state index contributed by atoms with van der Waals surface area (Å²) in [7, 11) is 1.49. The van der Waals surface area contributed by atoms with Crippen molar-refractivity contribution in [3.05, 3.63) is 54.3 Å². The molecular formula is C18H18FNO5. The Balaban J connectivity index is 1.82. The fourth-order valence-corrected chi connectivity index (χ4v) is 1.94. The number of carbonyl (C=O) groups excluding carboxylic acids is 2. The molecule has 0 spiro atoms. The summed E-state index contributed by atoms with van der Waals surface area (Å²) in [5.74, 6) is -0.765. The zero-order chi connectivity index (χ0) is 18.2. The van der Waals surface area contributed by atoms with Crippen molar-refractivity contribution in [3.63, 3.8) is 0 Å². The molecule has 0 bridgehead atoms. The molecule has 1 atom stereocenters. The summed E-state index contributed by atoms with van der Waals surface area (Å²) in [5.41, 5.74) is 0.402. The number of ether oxygens (including phenoxy) is 3. The number of carbonyl (C=O) groups is 2. The molecule has 1 amide bonds. The number of esters is 1. The lowest BCUT2D eigenvalue weighted by atomic mass is 10.3. The highest BCUT2D eigenvalue weighted by atomic mass is 19.1. The van der Waals surface area contributed by atoms with E-state index >= 15 is 0 Å². The molecule has 0 saturated carbocycles. The van der Waals surface area contributed by atoms with Gasteiger partial charge >= 0.3 is 5.97 Å². The highest BCUT2D eigenvalue weighted by Crippen LogP contribution is 2.25. The van der Waals surface area contributed by atoms with Crippen LogP contribution in [0.4, 0.5) is 10.1 Å². The summed E-state index contributed by atoms with van der Waals surface area (Å²) >= 11 is 0. The quantitative estimate of drug-likeness (QED) is 0.780. The molecule has 1 N–H and O–H groups in total. The highest BCUT2D eigenvalue weighted by Gasteiger charge is 2.18. The summed E-state index contributed by atoms with van der Waals surface area (Å²) in [6.07, 6.45) is -1.03. The number of nitrogens with one attached hydrogen (secondary N) is 1. The number of benzene rings is 2. The van der Waals surface area contributed by atoms with Gasteiger partial charge in [-0.1, -0.05) is 12.1 Å². The van der Waals surface area contributed by atoms with Gasteiger partial charge in [0, 0.05) is 5.69 Å². The van der Waals surface area contributed by atoms with Crippen molar-refractivity contribution in [2.24, 2.45) is 0 Å². The lowest BCUT2D eigenvalue weighted by Gasteiger charge is -2.14. The Hall–Kier alpha value is -3.09. The average Bonchev–Trinajstić information content (AvgIpc) is 2.62. The molecular weight excluding hydrogens is 329 g/mol. The van der Waals surface area contributed by atoms with Crippen LogP contribution >= 0.6 is 0 Å². The smallest absolute Gasteiger partial charge is 0.344 e. The Morgan fingerprint density at radius 3 is 2.36 bits per heavy atom. The molecule has 0 fully saturated rings. The van der Waals surface area contributed by atoms with E-state index in [4.69, 9.17) is 14.2 Å². The SMILES string of the molecule is COc1ccccc1OCC(=O)O[C@H](C)C(=O)Nc1ccc(F)cc1. The van der Waals surface area contributed by atoms with Crippen molar-refractivity contribution in [2.45, 2.75) is 13.0 Å². The van der Waals surface area contributed by atoms with Crippen LogP contribution in [0.1, 0.15) is 6.92 Å². The second kappa shape index (κ2) is 8.68. The van der Waals surface area contributed by atoms with Crippen LogP contribution in [0.25, 0.3) is 0 Å². The molecule has 0 aliphatic carbocycles. The van der Waals surface area contributed by atoms with Crippen molar-refractivity contribution in [2.75, 3.05) is 19.0 Å². The maximum atomic E-state index is 12.8. The third-order valence-electron chi connectivity index (χ3n) is 3.20. The molecule has 0 saturated heterocycles. The van der Waals surface area contributed by atoms with E-state index in [-0.39, 0.29) is 6.61 Å². The monoisotopic (exact) mass is 347 g/mol. The zero-order valence-electron chi connectivity index (χ0n) is 13.8. The molecule has 2 rings (SSSR count). The second-order valence-corrected chi connectivity index (χ2v) is 5.07. The van der Waals surface area contributed by atoms with Crippen LogP contribution < -0.4 is 14.8 Å². The molecule has 0 radical (unpaired) electrons. The van der Waals surface area contributed by atoms with Gasteiger partial charge in [0.25, 0.3) is 5.91 Å². The molecule has 25 heavy (non-hydrogen) atoms.